The smallest absolute Gasteiger partial charge is 0.0789 e. The van der Waals surface area contributed by atoms with Crippen LogP contribution >= 0.6 is 12.2 Å². The zero-order valence-corrected chi connectivity index (χ0v) is 7.01. The summed E-state index contributed by atoms with van der Waals surface area (Å²) in [4.78, 5) is 0.899. The van der Waals surface area contributed by atoms with Gasteiger partial charge in [-0.1, -0.05) is 24.7 Å². The van der Waals surface area contributed by atoms with Crippen molar-refractivity contribution in [1.29, 1.82) is 0 Å². The lowest BCUT2D eigenvalue weighted by molar-refractivity contribution is 1.15. The van der Waals surface area contributed by atoms with Crippen LogP contribution in [0.1, 0.15) is 27.2 Å². The summed E-state index contributed by atoms with van der Waals surface area (Å²) in [5.74, 6) is 0. The molecule has 0 bridgehead atoms. The van der Waals surface area contributed by atoms with Gasteiger partial charge >= 0.3 is 0 Å². The molecule has 0 aliphatic rings. The van der Waals surface area contributed by atoms with Gasteiger partial charge in [-0.25, -0.2) is 0 Å². The molecule has 9 heavy (non-hydrogen) atoms. The highest BCUT2D eigenvalue weighted by molar-refractivity contribution is 7.80. The van der Waals surface area contributed by atoms with Crippen LogP contribution in [0.3, 0.4) is 0 Å². The van der Waals surface area contributed by atoms with Crippen LogP contribution in [0.5, 0.6) is 0 Å². The molecule has 0 saturated heterocycles. The Morgan fingerprint density at radius 1 is 1.56 bits per heavy atom. The van der Waals surface area contributed by atoms with Gasteiger partial charge in [0.25, 0.3) is 0 Å². The van der Waals surface area contributed by atoms with Crippen molar-refractivity contribution < 1.29 is 0 Å². The Bertz CT molecular complexity index is 123. The average Bonchev–Trinajstić information content (AvgIpc) is 1.83. The molecular weight excluding hydrogens is 130 g/mol. The van der Waals surface area contributed by atoms with Crippen molar-refractivity contribution in [2.24, 2.45) is 0 Å². The third-order valence-electron chi connectivity index (χ3n) is 0.843. The van der Waals surface area contributed by atoms with Crippen molar-refractivity contribution in [2.45, 2.75) is 27.2 Å². The summed E-state index contributed by atoms with van der Waals surface area (Å²) in [6.07, 6.45) is 2.84. The van der Waals surface area contributed by atoms with Crippen LogP contribution in [0.2, 0.25) is 0 Å². The molecule has 1 N–H and O–H groups in total. The van der Waals surface area contributed by atoms with Crippen LogP contribution < -0.4 is 5.32 Å². The highest BCUT2D eigenvalue weighted by Crippen LogP contribution is 1.86. The molecule has 0 fully saturated rings. The Morgan fingerprint density at radius 3 is 2.44 bits per heavy atom. The average molecular weight is 143 g/mol. The number of allylic oxidation sites excluding steroid dienone is 1. The zero-order chi connectivity index (χ0) is 7.28. The minimum Gasteiger partial charge on any atom is -0.356 e. The highest BCUT2D eigenvalue weighted by Gasteiger charge is 1.84. The summed E-state index contributed by atoms with van der Waals surface area (Å²) >= 11 is 4.92. The second kappa shape index (κ2) is 4.50. The van der Waals surface area contributed by atoms with E-state index >= 15 is 0 Å². The first-order chi connectivity index (χ1) is 4.16. The lowest BCUT2D eigenvalue weighted by Crippen LogP contribution is -2.12. The molecule has 1 nitrogen and oxygen atoms in total. The second-order valence-corrected chi connectivity index (χ2v) is 2.64. The van der Waals surface area contributed by atoms with E-state index in [9.17, 15) is 0 Å². The molecule has 0 aliphatic carbocycles. The summed E-state index contributed by atoms with van der Waals surface area (Å²) in [6, 6.07) is 0. The Kier molecular flexibility index (Phi) is 4.32. The lowest BCUT2D eigenvalue weighted by atomic mass is 10.4. The monoisotopic (exact) mass is 143 g/mol. The van der Waals surface area contributed by atoms with Crippen molar-refractivity contribution in [2.75, 3.05) is 0 Å². The molecule has 2 heteroatoms. The number of rotatable bonds is 2. The standard InChI is InChI=1S/C7H13NS/c1-4-7(9)8-5-6(2)3/h5H,4H2,1-3H3,(H,8,9). The maximum absolute atomic E-state index is 4.92. The lowest BCUT2D eigenvalue weighted by Gasteiger charge is -1.97. The van der Waals surface area contributed by atoms with E-state index in [0.717, 1.165) is 11.4 Å². The molecule has 0 spiro atoms. The first-order valence-electron chi connectivity index (χ1n) is 3.09. The van der Waals surface area contributed by atoms with E-state index in [2.05, 4.69) is 5.32 Å². The molecule has 0 radical (unpaired) electrons. The summed E-state index contributed by atoms with van der Waals surface area (Å²) in [7, 11) is 0. The molecule has 0 heterocycles. The third-order valence-corrected chi connectivity index (χ3v) is 1.25. The van der Waals surface area contributed by atoms with Gasteiger partial charge in [0.2, 0.25) is 0 Å². The fraction of sp³-hybridized carbons (Fsp3) is 0.571. The Labute approximate surface area is 62.1 Å². The Hall–Kier alpha value is -0.370. The Morgan fingerprint density at radius 2 is 2.11 bits per heavy atom. The maximum Gasteiger partial charge on any atom is 0.0789 e. The molecule has 0 aromatic heterocycles. The summed E-state index contributed by atoms with van der Waals surface area (Å²) in [5, 5.41) is 3.00. The van der Waals surface area contributed by atoms with Crippen molar-refractivity contribution in [3.63, 3.8) is 0 Å². The van der Waals surface area contributed by atoms with Crippen LogP contribution in [-0.4, -0.2) is 4.99 Å². The van der Waals surface area contributed by atoms with E-state index in [4.69, 9.17) is 12.2 Å². The van der Waals surface area contributed by atoms with E-state index in [1.54, 1.807) is 0 Å². The van der Waals surface area contributed by atoms with Crippen molar-refractivity contribution in [3.8, 4) is 0 Å². The topological polar surface area (TPSA) is 12.0 Å². The SMILES string of the molecule is CCC(=S)NC=C(C)C. The largest absolute Gasteiger partial charge is 0.356 e. The number of thiocarbonyl (C=S) groups is 1. The summed E-state index contributed by atoms with van der Waals surface area (Å²) in [6.45, 7) is 6.10. The second-order valence-electron chi connectivity index (χ2n) is 2.14. The molecule has 0 amide bonds. The predicted molar refractivity (Wildman–Crippen MR) is 45.5 cm³/mol. The van der Waals surface area contributed by atoms with E-state index in [-0.39, 0.29) is 0 Å². The van der Waals surface area contributed by atoms with Crippen molar-refractivity contribution >= 4 is 17.2 Å². The normalized spacial score (nSPS) is 8.33. The van der Waals surface area contributed by atoms with Crippen LogP contribution in [-0.2, 0) is 0 Å². The van der Waals surface area contributed by atoms with Gasteiger partial charge in [0.15, 0.2) is 0 Å². The van der Waals surface area contributed by atoms with Gasteiger partial charge < -0.3 is 5.32 Å². The molecule has 0 aromatic rings. The molecular formula is C7H13NS. The molecule has 0 atom stereocenters. The highest BCUT2D eigenvalue weighted by atomic mass is 32.1. The summed E-state index contributed by atoms with van der Waals surface area (Å²) in [5.41, 5.74) is 1.24. The van der Waals surface area contributed by atoms with E-state index < -0.39 is 0 Å². The van der Waals surface area contributed by atoms with Crippen LogP contribution in [0.15, 0.2) is 11.8 Å². The first-order valence-corrected chi connectivity index (χ1v) is 3.50. The maximum atomic E-state index is 4.92. The van der Waals surface area contributed by atoms with E-state index in [1.165, 1.54) is 5.57 Å². The van der Waals surface area contributed by atoms with Gasteiger partial charge in [0.05, 0.1) is 4.99 Å². The molecule has 0 aliphatic heterocycles. The van der Waals surface area contributed by atoms with E-state index in [1.807, 2.05) is 27.0 Å². The molecule has 0 rings (SSSR count). The fourth-order valence-electron chi connectivity index (χ4n) is 0.327. The van der Waals surface area contributed by atoms with Gasteiger partial charge in [-0.15, -0.1) is 0 Å². The van der Waals surface area contributed by atoms with Crippen molar-refractivity contribution in [1.82, 2.24) is 5.32 Å². The number of hydrogen-bond acceptors (Lipinski definition) is 1. The minimum absolute atomic E-state index is 0.899. The minimum atomic E-state index is 0.899. The van der Waals surface area contributed by atoms with Crippen LogP contribution in [0.25, 0.3) is 0 Å². The van der Waals surface area contributed by atoms with Gasteiger partial charge in [0, 0.05) is 6.20 Å². The molecule has 0 saturated carbocycles. The predicted octanol–water partition coefficient (Wildman–Crippen LogP) is 2.24. The third kappa shape index (κ3) is 5.50. The summed E-state index contributed by atoms with van der Waals surface area (Å²) < 4.78 is 0. The van der Waals surface area contributed by atoms with Crippen molar-refractivity contribution in [3.05, 3.63) is 11.8 Å². The number of hydrogen-bond donors (Lipinski definition) is 1. The van der Waals surface area contributed by atoms with Crippen LogP contribution in [0, 0.1) is 0 Å². The number of nitrogens with one attached hydrogen (secondary N) is 1. The van der Waals surface area contributed by atoms with Gasteiger partial charge in [-0.3, -0.25) is 0 Å². The fourth-order valence-corrected chi connectivity index (χ4v) is 0.386. The van der Waals surface area contributed by atoms with Gasteiger partial charge in [0.1, 0.15) is 0 Å². The van der Waals surface area contributed by atoms with Gasteiger partial charge in [-0.05, 0) is 20.3 Å². The quantitative estimate of drug-likeness (QED) is 0.595. The van der Waals surface area contributed by atoms with E-state index in [0.29, 0.717) is 0 Å². The van der Waals surface area contributed by atoms with Gasteiger partial charge in [-0.2, -0.15) is 0 Å². The first kappa shape index (κ1) is 8.63. The molecule has 0 aromatic carbocycles. The zero-order valence-electron chi connectivity index (χ0n) is 6.19. The van der Waals surface area contributed by atoms with Crippen LogP contribution in [0.4, 0.5) is 0 Å². The molecule has 52 valence electrons. The molecule has 0 unspecified atom stereocenters. The Balaban J connectivity index is 3.50.